The lowest BCUT2D eigenvalue weighted by Gasteiger charge is -2.23. The van der Waals surface area contributed by atoms with Crippen molar-refractivity contribution in [2.45, 2.75) is 20.0 Å². The summed E-state index contributed by atoms with van der Waals surface area (Å²) in [5.74, 6) is 0.735. The molecule has 0 aliphatic carbocycles. The van der Waals surface area contributed by atoms with Gasteiger partial charge in [-0.1, -0.05) is 13.8 Å². The molecule has 1 saturated heterocycles. The number of carbonyl (C=O) groups excluding carboxylic acids is 1. The summed E-state index contributed by atoms with van der Waals surface area (Å²) in [6.07, 6.45) is -4.00. The predicted octanol–water partition coefficient (Wildman–Crippen LogP) is 3.61. The van der Waals surface area contributed by atoms with Gasteiger partial charge in [-0.05, 0) is 30.0 Å². The van der Waals surface area contributed by atoms with Gasteiger partial charge in [-0.2, -0.15) is 13.2 Å². The van der Waals surface area contributed by atoms with Gasteiger partial charge in [0.05, 0.1) is 5.56 Å². The molecule has 0 radical (unpaired) electrons. The standard InChI is InChI=1S/C14H16F3NO/c1-9-6-18(7-10(9)2)13-4-3-11(8-19)5-12(13)14(15,16)17/h3-5,8-10H,6-7H2,1-2H3. The Labute approximate surface area is 110 Å². The van der Waals surface area contributed by atoms with Crippen LogP contribution in [0, 0.1) is 11.8 Å². The second-order valence-corrected chi connectivity index (χ2v) is 5.25. The molecule has 2 nitrogen and oxygen atoms in total. The Hall–Kier alpha value is -1.52. The van der Waals surface area contributed by atoms with Crippen molar-refractivity contribution < 1.29 is 18.0 Å². The minimum atomic E-state index is -4.44. The van der Waals surface area contributed by atoms with E-state index in [0.29, 0.717) is 31.2 Å². The molecule has 1 aliphatic heterocycles. The van der Waals surface area contributed by atoms with Crippen LogP contribution in [0.15, 0.2) is 18.2 Å². The third kappa shape index (κ3) is 2.74. The monoisotopic (exact) mass is 271 g/mol. The van der Waals surface area contributed by atoms with Gasteiger partial charge in [0.15, 0.2) is 0 Å². The Morgan fingerprint density at radius 1 is 1.21 bits per heavy atom. The summed E-state index contributed by atoms with van der Waals surface area (Å²) >= 11 is 0. The minimum absolute atomic E-state index is 0.0522. The zero-order chi connectivity index (χ0) is 14.2. The fraction of sp³-hybridized carbons (Fsp3) is 0.500. The highest BCUT2D eigenvalue weighted by atomic mass is 19.4. The maximum Gasteiger partial charge on any atom is 0.418 e. The third-order valence-electron chi connectivity index (χ3n) is 3.79. The van der Waals surface area contributed by atoms with E-state index in [0.717, 1.165) is 6.07 Å². The SMILES string of the molecule is CC1CN(c2ccc(C=O)cc2C(F)(F)F)CC1C. The average Bonchev–Trinajstić information content (AvgIpc) is 2.67. The average molecular weight is 271 g/mol. The summed E-state index contributed by atoms with van der Waals surface area (Å²) < 4.78 is 39.2. The summed E-state index contributed by atoms with van der Waals surface area (Å²) in [7, 11) is 0. The lowest BCUT2D eigenvalue weighted by Crippen LogP contribution is -2.23. The smallest absolute Gasteiger partial charge is 0.370 e. The van der Waals surface area contributed by atoms with Crippen molar-refractivity contribution in [2.75, 3.05) is 18.0 Å². The van der Waals surface area contributed by atoms with Gasteiger partial charge in [-0.3, -0.25) is 4.79 Å². The van der Waals surface area contributed by atoms with E-state index in [2.05, 4.69) is 0 Å². The first-order valence-corrected chi connectivity index (χ1v) is 6.24. The van der Waals surface area contributed by atoms with Crippen molar-refractivity contribution in [3.63, 3.8) is 0 Å². The van der Waals surface area contributed by atoms with Gasteiger partial charge in [-0.25, -0.2) is 0 Å². The van der Waals surface area contributed by atoms with E-state index in [1.165, 1.54) is 12.1 Å². The molecule has 2 atom stereocenters. The predicted molar refractivity (Wildman–Crippen MR) is 67.4 cm³/mol. The molecule has 1 aromatic carbocycles. The normalized spacial score (nSPS) is 23.7. The molecule has 1 fully saturated rings. The summed E-state index contributed by atoms with van der Waals surface area (Å²) in [6, 6.07) is 3.76. The Bertz CT molecular complexity index is 474. The van der Waals surface area contributed by atoms with Gasteiger partial charge in [0.25, 0.3) is 0 Å². The molecule has 19 heavy (non-hydrogen) atoms. The molecular formula is C14H16F3NO. The molecule has 0 aromatic heterocycles. The number of anilines is 1. The molecule has 2 rings (SSSR count). The van der Waals surface area contributed by atoms with Crippen LogP contribution in [0.1, 0.15) is 29.8 Å². The second-order valence-electron chi connectivity index (χ2n) is 5.25. The highest BCUT2D eigenvalue weighted by Gasteiger charge is 2.37. The number of hydrogen-bond acceptors (Lipinski definition) is 2. The molecule has 5 heteroatoms. The van der Waals surface area contributed by atoms with E-state index in [4.69, 9.17) is 0 Å². The maximum atomic E-state index is 13.1. The Balaban J connectivity index is 2.43. The van der Waals surface area contributed by atoms with Crippen LogP contribution in [0.4, 0.5) is 18.9 Å². The van der Waals surface area contributed by atoms with Gasteiger partial charge in [0.2, 0.25) is 0 Å². The lowest BCUT2D eigenvalue weighted by molar-refractivity contribution is -0.137. The zero-order valence-electron chi connectivity index (χ0n) is 10.9. The number of carbonyl (C=O) groups is 1. The van der Waals surface area contributed by atoms with Crippen molar-refractivity contribution >= 4 is 12.0 Å². The molecule has 1 aliphatic rings. The zero-order valence-corrected chi connectivity index (χ0v) is 10.9. The molecule has 2 unspecified atom stereocenters. The molecule has 0 spiro atoms. The first-order valence-electron chi connectivity index (χ1n) is 6.24. The van der Waals surface area contributed by atoms with Crippen LogP contribution >= 0.6 is 0 Å². The number of benzene rings is 1. The third-order valence-corrected chi connectivity index (χ3v) is 3.79. The van der Waals surface area contributed by atoms with Crippen molar-refractivity contribution in [3.05, 3.63) is 29.3 Å². The molecule has 0 N–H and O–H groups in total. The Morgan fingerprint density at radius 3 is 2.26 bits per heavy atom. The van der Waals surface area contributed by atoms with Crippen LogP contribution in [0.5, 0.6) is 0 Å². The molecule has 104 valence electrons. The first kappa shape index (κ1) is 13.9. The second kappa shape index (κ2) is 4.87. The van der Waals surface area contributed by atoms with Gasteiger partial charge in [-0.15, -0.1) is 0 Å². The molecule has 0 saturated carbocycles. The maximum absolute atomic E-state index is 13.1. The van der Waals surface area contributed by atoms with Crippen LogP contribution in [0.2, 0.25) is 0 Å². The van der Waals surface area contributed by atoms with E-state index < -0.39 is 11.7 Å². The Kier molecular flexibility index (Phi) is 3.56. The number of nitrogens with zero attached hydrogens (tertiary/aromatic N) is 1. The number of rotatable bonds is 2. The van der Waals surface area contributed by atoms with Crippen molar-refractivity contribution in [2.24, 2.45) is 11.8 Å². The van der Waals surface area contributed by atoms with Crippen molar-refractivity contribution in [1.82, 2.24) is 0 Å². The van der Waals surface area contributed by atoms with Crippen LogP contribution in [0.25, 0.3) is 0 Å². The van der Waals surface area contributed by atoms with E-state index in [-0.39, 0.29) is 11.3 Å². The largest absolute Gasteiger partial charge is 0.418 e. The summed E-state index contributed by atoms with van der Waals surface area (Å²) in [4.78, 5) is 12.4. The van der Waals surface area contributed by atoms with E-state index >= 15 is 0 Å². The van der Waals surface area contributed by atoms with Crippen molar-refractivity contribution in [1.29, 1.82) is 0 Å². The van der Waals surface area contributed by atoms with Crippen LogP contribution in [-0.4, -0.2) is 19.4 Å². The van der Waals surface area contributed by atoms with Crippen LogP contribution in [0.3, 0.4) is 0 Å². The topological polar surface area (TPSA) is 20.3 Å². The highest BCUT2D eigenvalue weighted by Crippen LogP contribution is 2.39. The quantitative estimate of drug-likeness (QED) is 0.766. The molecule has 0 amide bonds. The van der Waals surface area contributed by atoms with Crippen molar-refractivity contribution in [3.8, 4) is 0 Å². The van der Waals surface area contributed by atoms with Crippen LogP contribution in [-0.2, 0) is 6.18 Å². The first-order chi connectivity index (χ1) is 8.82. The highest BCUT2D eigenvalue weighted by molar-refractivity contribution is 5.77. The fourth-order valence-electron chi connectivity index (χ4n) is 2.46. The lowest BCUT2D eigenvalue weighted by atomic mass is 10.0. The van der Waals surface area contributed by atoms with Gasteiger partial charge >= 0.3 is 6.18 Å². The summed E-state index contributed by atoms with van der Waals surface area (Å²) in [5.41, 5.74) is -0.496. The Morgan fingerprint density at radius 2 is 1.79 bits per heavy atom. The van der Waals surface area contributed by atoms with E-state index in [1.54, 1.807) is 4.90 Å². The number of alkyl halides is 3. The summed E-state index contributed by atoms with van der Waals surface area (Å²) in [5, 5.41) is 0. The molecular weight excluding hydrogens is 255 g/mol. The van der Waals surface area contributed by atoms with E-state index in [9.17, 15) is 18.0 Å². The number of halogens is 3. The molecule has 0 bridgehead atoms. The van der Waals surface area contributed by atoms with Gasteiger partial charge < -0.3 is 4.90 Å². The number of aldehydes is 1. The summed E-state index contributed by atoms with van der Waals surface area (Å²) in [6.45, 7) is 5.31. The number of hydrogen-bond donors (Lipinski definition) is 0. The van der Waals surface area contributed by atoms with E-state index in [1.807, 2.05) is 13.8 Å². The van der Waals surface area contributed by atoms with Gasteiger partial charge in [0, 0.05) is 24.3 Å². The molecule has 1 heterocycles. The molecule has 1 aromatic rings. The van der Waals surface area contributed by atoms with Crippen LogP contribution < -0.4 is 4.90 Å². The minimum Gasteiger partial charge on any atom is -0.370 e. The fourth-order valence-corrected chi connectivity index (χ4v) is 2.46. The van der Waals surface area contributed by atoms with Gasteiger partial charge in [0.1, 0.15) is 6.29 Å².